The predicted molar refractivity (Wildman–Crippen MR) is 54.7 cm³/mol. The van der Waals surface area contributed by atoms with E-state index in [0.717, 1.165) is 6.42 Å². The maximum absolute atomic E-state index is 11.0. The first-order valence-electron chi connectivity index (χ1n) is 5.20. The maximum atomic E-state index is 11.0. The first-order valence-corrected chi connectivity index (χ1v) is 5.20. The molecule has 0 radical (unpaired) electrons. The van der Waals surface area contributed by atoms with Crippen molar-refractivity contribution in [3.8, 4) is 0 Å². The number of methoxy groups -OCH3 is 1. The van der Waals surface area contributed by atoms with Gasteiger partial charge in [-0.15, -0.1) is 0 Å². The van der Waals surface area contributed by atoms with Crippen molar-refractivity contribution in [3.05, 3.63) is 0 Å². The van der Waals surface area contributed by atoms with Crippen molar-refractivity contribution < 1.29 is 19.7 Å². The Morgan fingerprint density at radius 2 is 2.33 bits per heavy atom. The van der Waals surface area contributed by atoms with Crippen molar-refractivity contribution >= 4 is 5.97 Å². The minimum Gasteiger partial charge on any atom is -0.480 e. The minimum atomic E-state index is -0.890. The van der Waals surface area contributed by atoms with Crippen LogP contribution in [0.3, 0.4) is 0 Å². The molecular weight excluding hydrogens is 198 g/mol. The van der Waals surface area contributed by atoms with Gasteiger partial charge >= 0.3 is 5.97 Å². The molecule has 1 aliphatic rings. The number of carboxylic acid groups (broad SMARTS) is 1. The fourth-order valence-electron chi connectivity index (χ4n) is 1.85. The molecule has 0 aromatic heterocycles. The Morgan fingerprint density at radius 3 is 2.80 bits per heavy atom. The molecule has 0 amide bonds. The van der Waals surface area contributed by atoms with Crippen LogP contribution in [0.2, 0.25) is 0 Å². The zero-order chi connectivity index (χ0) is 11.4. The third kappa shape index (κ3) is 3.15. The van der Waals surface area contributed by atoms with Gasteiger partial charge < -0.3 is 14.9 Å². The summed E-state index contributed by atoms with van der Waals surface area (Å²) < 4.78 is 4.88. The molecule has 3 unspecified atom stereocenters. The van der Waals surface area contributed by atoms with Crippen molar-refractivity contribution in [1.29, 1.82) is 0 Å². The Bertz CT molecular complexity index is 221. The molecule has 0 aliphatic carbocycles. The fraction of sp³-hybridized carbons (Fsp3) is 0.900. The number of hydrogen-bond acceptors (Lipinski definition) is 4. The average Bonchev–Trinajstić information content (AvgIpc) is 2.18. The summed E-state index contributed by atoms with van der Waals surface area (Å²) in [6.07, 6.45) is 0.395. The first kappa shape index (κ1) is 12.4. The van der Waals surface area contributed by atoms with Gasteiger partial charge in [-0.25, -0.2) is 0 Å². The molecule has 1 saturated heterocycles. The minimum absolute atomic E-state index is 0.163. The van der Waals surface area contributed by atoms with Gasteiger partial charge in [0.2, 0.25) is 0 Å². The molecular formula is C10H19NO4. The van der Waals surface area contributed by atoms with Crippen LogP contribution in [0.5, 0.6) is 0 Å². The Morgan fingerprint density at radius 1 is 1.67 bits per heavy atom. The van der Waals surface area contributed by atoms with E-state index < -0.39 is 18.1 Å². The quantitative estimate of drug-likeness (QED) is 0.682. The van der Waals surface area contributed by atoms with Crippen LogP contribution < -0.4 is 0 Å². The second-order valence-electron chi connectivity index (χ2n) is 4.14. The van der Waals surface area contributed by atoms with E-state index >= 15 is 0 Å². The highest BCUT2D eigenvalue weighted by Gasteiger charge is 2.32. The van der Waals surface area contributed by atoms with Crippen LogP contribution in [0, 0.1) is 5.92 Å². The van der Waals surface area contributed by atoms with Gasteiger partial charge in [0, 0.05) is 13.7 Å². The number of hydrogen-bond donors (Lipinski definition) is 2. The Labute approximate surface area is 89.6 Å². The number of aliphatic hydroxyl groups is 1. The summed E-state index contributed by atoms with van der Waals surface area (Å²) in [4.78, 5) is 12.7. The van der Waals surface area contributed by atoms with E-state index in [0.29, 0.717) is 13.1 Å². The normalized spacial score (nSPS) is 30.1. The number of ether oxygens (including phenoxy) is 1. The van der Waals surface area contributed by atoms with Gasteiger partial charge in [-0.2, -0.15) is 0 Å². The fourth-order valence-corrected chi connectivity index (χ4v) is 1.85. The molecule has 0 aromatic rings. The van der Waals surface area contributed by atoms with Gasteiger partial charge in [0.15, 0.2) is 0 Å². The number of nitrogens with zero attached hydrogens (tertiary/aromatic N) is 1. The lowest BCUT2D eigenvalue weighted by atomic mass is 9.95. The second kappa shape index (κ2) is 5.44. The molecule has 1 aliphatic heterocycles. The number of piperidine rings is 1. The van der Waals surface area contributed by atoms with Crippen LogP contribution in [-0.2, 0) is 9.53 Å². The maximum Gasteiger partial charge on any atom is 0.323 e. The molecule has 3 atom stereocenters. The van der Waals surface area contributed by atoms with Gasteiger partial charge in [-0.05, 0) is 18.9 Å². The zero-order valence-corrected chi connectivity index (χ0v) is 9.22. The van der Waals surface area contributed by atoms with Gasteiger partial charge in [0.25, 0.3) is 0 Å². The third-order valence-electron chi connectivity index (χ3n) is 3.00. The van der Waals surface area contributed by atoms with E-state index in [1.165, 1.54) is 7.11 Å². The Kier molecular flexibility index (Phi) is 4.50. The van der Waals surface area contributed by atoms with E-state index in [1.807, 2.05) is 6.92 Å². The summed E-state index contributed by atoms with van der Waals surface area (Å²) >= 11 is 0. The topological polar surface area (TPSA) is 70.0 Å². The van der Waals surface area contributed by atoms with Gasteiger partial charge in [0.1, 0.15) is 6.04 Å². The summed E-state index contributed by atoms with van der Waals surface area (Å²) in [6, 6.07) is -0.642. The third-order valence-corrected chi connectivity index (χ3v) is 3.00. The lowest BCUT2D eigenvalue weighted by Crippen LogP contribution is -2.52. The van der Waals surface area contributed by atoms with Gasteiger partial charge in [0.05, 0.1) is 12.7 Å². The van der Waals surface area contributed by atoms with Crippen LogP contribution in [-0.4, -0.2) is 60.0 Å². The van der Waals surface area contributed by atoms with Crippen LogP contribution in [0.15, 0.2) is 0 Å². The lowest BCUT2D eigenvalue weighted by Gasteiger charge is -2.37. The molecule has 88 valence electrons. The van der Waals surface area contributed by atoms with Crippen molar-refractivity contribution in [1.82, 2.24) is 4.90 Å². The van der Waals surface area contributed by atoms with Gasteiger partial charge in [-0.3, -0.25) is 9.69 Å². The molecule has 5 heteroatoms. The number of rotatable bonds is 4. The summed E-state index contributed by atoms with van der Waals surface area (Å²) in [5, 5.41) is 18.7. The molecule has 0 saturated carbocycles. The van der Waals surface area contributed by atoms with Crippen LogP contribution >= 0.6 is 0 Å². The highest BCUT2D eigenvalue weighted by molar-refractivity contribution is 5.73. The van der Waals surface area contributed by atoms with Crippen LogP contribution in [0.25, 0.3) is 0 Å². The summed E-state index contributed by atoms with van der Waals surface area (Å²) in [7, 11) is 1.49. The van der Waals surface area contributed by atoms with Crippen molar-refractivity contribution in [2.45, 2.75) is 25.5 Å². The highest BCUT2D eigenvalue weighted by Crippen LogP contribution is 2.19. The first-order chi connectivity index (χ1) is 7.06. The summed E-state index contributed by atoms with van der Waals surface area (Å²) in [5.74, 6) is -0.642. The van der Waals surface area contributed by atoms with Crippen LogP contribution in [0.1, 0.15) is 13.3 Å². The van der Waals surface area contributed by atoms with E-state index in [9.17, 15) is 9.90 Å². The molecule has 0 bridgehead atoms. The zero-order valence-electron chi connectivity index (χ0n) is 9.22. The predicted octanol–water partition coefficient (Wildman–Crippen LogP) is -0.211. The Balaban J connectivity index is 2.57. The lowest BCUT2D eigenvalue weighted by molar-refractivity contribution is -0.147. The molecule has 0 aromatic carbocycles. The highest BCUT2D eigenvalue weighted by atomic mass is 16.5. The molecule has 1 rings (SSSR count). The number of β-amino-alcohol motifs (C(OH)–C–C–N with tert-alkyl or cyclic N) is 1. The number of carbonyl (C=O) groups is 1. The van der Waals surface area contributed by atoms with E-state index in [4.69, 9.17) is 9.84 Å². The number of carboxylic acids is 1. The number of likely N-dealkylation sites (tertiary alicyclic amines) is 1. The second-order valence-corrected chi connectivity index (χ2v) is 4.14. The molecule has 5 nitrogen and oxygen atoms in total. The monoisotopic (exact) mass is 217 g/mol. The number of aliphatic carboxylic acids is 1. The average molecular weight is 217 g/mol. The SMILES string of the molecule is COCC(C(=O)O)N1CCC(C)C(O)C1. The smallest absolute Gasteiger partial charge is 0.323 e. The molecule has 2 N–H and O–H groups in total. The van der Waals surface area contributed by atoms with Gasteiger partial charge in [-0.1, -0.05) is 6.92 Å². The molecule has 15 heavy (non-hydrogen) atoms. The summed E-state index contributed by atoms with van der Waals surface area (Å²) in [5.41, 5.74) is 0. The van der Waals surface area contributed by atoms with Crippen molar-refractivity contribution in [2.75, 3.05) is 26.8 Å². The summed E-state index contributed by atoms with van der Waals surface area (Å²) in [6.45, 7) is 3.27. The van der Waals surface area contributed by atoms with Crippen molar-refractivity contribution in [3.63, 3.8) is 0 Å². The van der Waals surface area contributed by atoms with E-state index in [1.54, 1.807) is 4.90 Å². The Hall–Kier alpha value is -0.650. The molecule has 1 fully saturated rings. The van der Waals surface area contributed by atoms with Crippen molar-refractivity contribution in [2.24, 2.45) is 5.92 Å². The molecule has 0 spiro atoms. The van der Waals surface area contributed by atoms with E-state index in [-0.39, 0.29) is 12.5 Å². The van der Waals surface area contributed by atoms with E-state index in [2.05, 4.69) is 0 Å². The largest absolute Gasteiger partial charge is 0.480 e. The standard InChI is InChI=1S/C10H19NO4/c1-7-3-4-11(5-9(7)12)8(6-15-2)10(13)14/h7-9,12H,3-6H2,1-2H3,(H,13,14). The number of aliphatic hydroxyl groups excluding tert-OH is 1. The van der Waals surface area contributed by atoms with Crippen LogP contribution in [0.4, 0.5) is 0 Å². The molecule has 1 heterocycles.